The van der Waals surface area contributed by atoms with Gasteiger partial charge in [0, 0.05) is 6.20 Å². The van der Waals surface area contributed by atoms with Crippen LogP contribution in [0, 0.1) is 0 Å². The molecule has 1 heterocycles. The van der Waals surface area contributed by atoms with Gasteiger partial charge in [-0.25, -0.2) is 4.98 Å². The van der Waals surface area contributed by atoms with Crippen LogP contribution in [0.5, 0.6) is 0 Å². The number of rotatable bonds is 4. The number of benzene rings is 1. The van der Waals surface area contributed by atoms with Crippen LogP contribution in [0.1, 0.15) is 5.56 Å². The molecule has 0 bridgehead atoms. The highest BCUT2D eigenvalue weighted by Crippen LogP contribution is 2.02. The van der Waals surface area contributed by atoms with E-state index in [2.05, 4.69) is 20.9 Å². The molecule has 0 saturated carbocycles. The molecule has 1 aromatic carbocycles. The van der Waals surface area contributed by atoms with E-state index in [1.54, 1.807) is 0 Å². The number of hydrogen-bond acceptors (Lipinski definition) is 3. The molecule has 2 aromatic rings. The van der Waals surface area contributed by atoms with Gasteiger partial charge < -0.3 is 4.74 Å². The Morgan fingerprint density at radius 2 is 2.06 bits per heavy atom. The molecule has 2 rings (SSSR count). The summed E-state index contributed by atoms with van der Waals surface area (Å²) in [4.78, 5) is 15.5. The van der Waals surface area contributed by atoms with Crippen molar-refractivity contribution in [2.24, 2.45) is 0 Å². The van der Waals surface area contributed by atoms with Gasteiger partial charge in [-0.2, -0.15) is 0 Å². The molecule has 0 spiro atoms. The van der Waals surface area contributed by atoms with E-state index < -0.39 is 0 Å². The third kappa shape index (κ3) is 3.25. The van der Waals surface area contributed by atoms with E-state index in [9.17, 15) is 4.79 Å². The summed E-state index contributed by atoms with van der Waals surface area (Å²) in [5.74, 6) is 0. The largest absolute Gasteiger partial charge is 0.356 e. The Bertz CT molecular complexity index is 540. The first-order chi connectivity index (χ1) is 8.27. The van der Waals surface area contributed by atoms with E-state index in [0.29, 0.717) is 11.1 Å². The van der Waals surface area contributed by atoms with Crippen LogP contribution in [0.4, 0.5) is 0 Å². The fourth-order valence-corrected chi connectivity index (χ4v) is 1.70. The fourth-order valence-electron chi connectivity index (χ4n) is 1.35. The van der Waals surface area contributed by atoms with Gasteiger partial charge in [0.1, 0.15) is 11.2 Å². The second kappa shape index (κ2) is 5.75. The second-order valence-electron chi connectivity index (χ2n) is 3.48. The van der Waals surface area contributed by atoms with Gasteiger partial charge >= 0.3 is 0 Å². The number of hydrogen-bond donors (Lipinski definition) is 0. The second-order valence-corrected chi connectivity index (χ2v) is 4.33. The predicted molar refractivity (Wildman–Crippen MR) is 67.4 cm³/mol. The van der Waals surface area contributed by atoms with Gasteiger partial charge in [0.25, 0.3) is 5.56 Å². The molecular formula is C12H11BrN2O2. The van der Waals surface area contributed by atoms with E-state index >= 15 is 0 Å². The Morgan fingerprint density at radius 1 is 1.29 bits per heavy atom. The van der Waals surface area contributed by atoms with E-state index in [1.807, 2.05) is 30.3 Å². The lowest BCUT2D eigenvalue weighted by Gasteiger charge is -2.06. The Balaban J connectivity index is 1.95. The molecule has 0 atom stereocenters. The molecule has 0 saturated heterocycles. The Morgan fingerprint density at radius 3 is 2.82 bits per heavy atom. The minimum atomic E-state index is -0.145. The molecule has 0 N–H and O–H groups in total. The van der Waals surface area contributed by atoms with Crippen LogP contribution in [0.25, 0.3) is 0 Å². The van der Waals surface area contributed by atoms with Crippen LogP contribution in [-0.2, 0) is 18.1 Å². The normalized spacial score (nSPS) is 10.4. The van der Waals surface area contributed by atoms with E-state index in [0.717, 1.165) is 5.56 Å². The van der Waals surface area contributed by atoms with E-state index in [4.69, 9.17) is 4.74 Å². The highest BCUT2D eigenvalue weighted by atomic mass is 79.9. The first kappa shape index (κ1) is 12.0. The summed E-state index contributed by atoms with van der Waals surface area (Å²) >= 11 is 3.13. The first-order valence-corrected chi connectivity index (χ1v) is 5.88. The zero-order valence-electron chi connectivity index (χ0n) is 9.04. The number of halogens is 1. The van der Waals surface area contributed by atoms with Gasteiger partial charge in [-0.05, 0) is 21.5 Å². The molecule has 0 aliphatic rings. The maximum absolute atomic E-state index is 11.6. The molecule has 1 aromatic heterocycles. The van der Waals surface area contributed by atoms with Gasteiger partial charge in [0.15, 0.2) is 0 Å². The highest BCUT2D eigenvalue weighted by molar-refractivity contribution is 9.10. The lowest BCUT2D eigenvalue weighted by molar-refractivity contribution is 0.0609. The average Bonchev–Trinajstić information content (AvgIpc) is 2.36. The molecule has 0 amide bonds. The quantitative estimate of drug-likeness (QED) is 0.868. The van der Waals surface area contributed by atoms with Crippen LogP contribution < -0.4 is 5.56 Å². The molecule has 0 unspecified atom stereocenters. The van der Waals surface area contributed by atoms with Gasteiger partial charge in [0.2, 0.25) is 0 Å². The summed E-state index contributed by atoms with van der Waals surface area (Å²) in [6.45, 7) is 0.667. The number of ether oxygens (including phenoxy) is 1. The monoisotopic (exact) mass is 294 g/mol. The highest BCUT2D eigenvalue weighted by Gasteiger charge is 2.00. The molecule has 5 heteroatoms. The van der Waals surface area contributed by atoms with Crippen LogP contribution in [0.3, 0.4) is 0 Å². The zero-order valence-corrected chi connectivity index (χ0v) is 10.6. The summed E-state index contributed by atoms with van der Waals surface area (Å²) in [6.07, 6.45) is 2.92. The van der Waals surface area contributed by atoms with E-state index in [1.165, 1.54) is 17.1 Å². The lowest BCUT2D eigenvalue weighted by Crippen LogP contribution is -2.21. The number of aromatic nitrogens is 2. The topological polar surface area (TPSA) is 44.1 Å². The first-order valence-electron chi connectivity index (χ1n) is 5.09. The molecular weight excluding hydrogens is 284 g/mol. The van der Waals surface area contributed by atoms with Crippen molar-refractivity contribution in [3.63, 3.8) is 0 Å². The SMILES string of the molecule is O=c1c(Br)cncn1COCc1ccccc1. The van der Waals surface area contributed by atoms with Gasteiger partial charge in [0.05, 0.1) is 12.9 Å². The van der Waals surface area contributed by atoms with Crippen molar-refractivity contribution in [1.82, 2.24) is 9.55 Å². The Kier molecular flexibility index (Phi) is 4.06. The summed E-state index contributed by atoms with van der Waals surface area (Å²) in [5, 5.41) is 0. The predicted octanol–water partition coefficient (Wildman–Crippen LogP) is 2.18. The van der Waals surface area contributed by atoms with Crippen molar-refractivity contribution < 1.29 is 4.74 Å². The maximum atomic E-state index is 11.6. The van der Waals surface area contributed by atoms with Crippen molar-refractivity contribution in [3.05, 3.63) is 63.2 Å². The third-order valence-electron chi connectivity index (χ3n) is 2.20. The summed E-state index contributed by atoms with van der Waals surface area (Å²) < 4.78 is 7.29. The lowest BCUT2D eigenvalue weighted by atomic mass is 10.2. The minimum absolute atomic E-state index is 0.145. The summed E-state index contributed by atoms with van der Waals surface area (Å²) in [6, 6.07) is 9.80. The van der Waals surface area contributed by atoms with E-state index in [-0.39, 0.29) is 12.3 Å². The van der Waals surface area contributed by atoms with Crippen molar-refractivity contribution >= 4 is 15.9 Å². The van der Waals surface area contributed by atoms with Crippen molar-refractivity contribution in [1.29, 1.82) is 0 Å². The smallest absolute Gasteiger partial charge is 0.269 e. The molecule has 0 fully saturated rings. The van der Waals surface area contributed by atoms with Crippen molar-refractivity contribution in [3.8, 4) is 0 Å². The zero-order chi connectivity index (χ0) is 12.1. The fraction of sp³-hybridized carbons (Fsp3) is 0.167. The van der Waals surface area contributed by atoms with Crippen LogP contribution >= 0.6 is 15.9 Å². The minimum Gasteiger partial charge on any atom is -0.356 e. The third-order valence-corrected chi connectivity index (χ3v) is 2.74. The molecule has 0 aliphatic heterocycles. The maximum Gasteiger partial charge on any atom is 0.269 e. The van der Waals surface area contributed by atoms with Gasteiger partial charge in [-0.15, -0.1) is 0 Å². The van der Waals surface area contributed by atoms with Crippen LogP contribution in [0.15, 0.2) is 52.1 Å². The Hall–Kier alpha value is -1.46. The van der Waals surface area contributed by atoms with Gasteiger partial charge in [-0.3, -0.25) is 9.36 Å². The van der Waals surface area contributed by atoms with Crippen molar-refractivity contribution in [2.75, 3.05) is 0 Å². The van der Waals surface area contributed by atoms with Crippen molar-refractivity contribution in [2.45, 2.75) is 13.3 Å². The standard InChI is InChI=1S/C12H11BrN2O2/c13-11-6-14-8-15(12(11)16)9-17-7-10-4-2-1-3-5-10/h1-6,8H,7,9H2. The molecule has 88 valence electrons. The molecule has 0 radical (unpaired) electrons. The molecule has 17 heavy (non-hydrogen) atoms. The average molecular weight is 295 g/mol. The molecule has 4 nitrogen and oxygen atoms in total. The Labute approximate surface area is 107 Å². The summed E-state index contributed by atoms with van der Waals surface area (Å²) in [7, 11) is 0. The van der Waals surface area contributed by atoms with Gasteiger partial charge in [-0.1, -0.05) is 30.3 Å². The summed E-state index contributed by atoms with van der Waals surface area (Å²) in [5.41, 5.74) is 0.927. The van der Waals surface area contributed by atoms with Crippen LogP contribution in [-0.4, -0.2) is 9.55 Å². The number of nitrogens with zero attached hydrogens (tertiary/aromatic N) is 2. The molecule has 0 aliphatic carbocycles. The van der Waals surface area contributed by atoms with Crippen LogP contribution in [0.2, 0.25) is 0 Å².